The SMILES string of the molecule is COC(=O)[C@@H](NC(=O)[C@@H](OC)[C@@H]1Cc2cc3cc(O[C@H]4C[C@@H](O[C@H]5C[C@@H](O)[C@H](O)[C@@H](C)O5)[C@H](O)[C@@H](C)O4)c(C)c(O)c3c(O)c2C(=O)[C@H]1O[C@H]1C[C@@H](O[C@H]2C[C@@H](O[C@H]3C[C@](C)(O)[C@H](O)[C@@H](C)O3)[C@@H](O)[C@@H](C)O2)[C@H](O)[C@@H](C)O1)C(C)C. The number of carbonyl (C=O) groups excluding carboxylic acids is 3. The minimum absolute atomic E-state index is 0.0331. The van der Waals surface area contributed by atoms with Crippen LogP contribution in [0.25, 0.3) is 10.8 Å². The first-order chi connectivity index (χ1) is 37.6. The van der Waals surface area contributed by atoms with Gasteiger partial charge in [-0.1, -0.05) is 13.8 Å². The number of methoxy groups -OCH3 is 2. The molecule has 0 spiro atoms. The van der Waals surface area contributed by atoms with Crippen LogP contribution in [0.4, 0.5) is 0 Å². The van der Waals surface area contributed by atoms with Crippen molar-refractivity contribution in [1.29, 1.82) is 0 Å². The summed E-state index contributed by atoms with van der Waals surface area (Å²) in [7, 11) is 2.43. The molecule has 450 valence electrons. The van der Waals surface area contributed by atoms with E-state index < -0.39 is 182 Å². The number of esters is 1. The Hall–Kier alpha value is -3.97. The standard InChI is InChI=1S/C55H81NO24/c1-20(2)42(54(67)70-11)56-53(66)51(69-10)29-13-27-12-28-14-31(76-36-16-32(45(60)23(5)72-36)77-35-15-30(57)44(59)22(4)71-35)21(3)43(58)40(28)48(63)41(27)49(64)50(29)80-38-18-33(46(61)25(7)74-38)78-37-17-34(47(62)24(6)73-37)79-39-19-55(9,68)52(65)26(8)75-39/h12,14,20,22-26,29-30,32-39,42,44-47,50-52,57-63,65,68H,13,15-19H2,1-11H3,(H,56,66)/t22-,23-,24-,25-,26-,29-,30-,32-,33-,34-,35+,36+,37+,38+,39+,42+,44-,45-,46-,47+,50+,51+,52-,55+/m1/s1. The molecular formula is C55H81NO24. The van der Waals surface area contributed by atoms with E-state index in [4.69, 9.17) is 56.8 Å². The molecule has 10 N–H and O–H groups in total. The number of benzene rings is 2. The summed E-state index contributed by atoms with van der Waals surface area (Å²) >= 11 is 0. The number of aliphatic hydroxyl groups is 7. The molecule has 80 heavy (non-hydrogen) atoms. The van der Waals surface area contributed by atoms with Crippen LogP contribution in [0.15, 0.2) is 12.1 Å². The number of hydrogen-bond donors (Lipinski definition) is 10. The number of Topliss-reactive ketones (excluding diaryl/α,β-unsaturated/α-hetero) is 1. The van der Waals surface area contributed by atoms with Crippen molar-refractivity contribution in [3.05, 3.63) is 28.8 Å². The number of ketones is 1. The average Bonchev–Trinajstić information content (AvgIpc) is 3.53. The zero-order valence-corrected chi connectivity index (χ0v) is 46.9. The lowest BCUT2D eigenvalue weighted by Gasteiger charge is -2.46. The summed E-state index contributed by atoms with van der Waals surface area (Å²) < 4.78 is 72.1. The smallest absolute Gasteiger partial charge is 0.328 e. The van der Waals surface area contributed by atoms with Crippen LogP contribution in [0.2, 0.25) is 0 Å². The number of hydrogen-bond acceptors (Lipinski definition) is 24. The van der Waals surface area contributed by atoms with Gasteiger partial charge in [-0.15, -0.1) is 0 Å². The van der Waals surface area contributed by atoms with Crippen molar-refractivity contribution in [3.8, 4) is 17.2 Å². The third kappa shape index (κ3) is 12.9. The van der Waals surface area contributed by atoms with Gasteiger partial charge in [-0.25, -0.2) is 4.79 Å². The van der Waals surface area contributed by atoms with Crippen LogP contribution >= 0.6 is 0 Å². The van der Waals surface area contributed by atoms with Gasteiger partial charge < -0.3 is 108 Å². The van der Waals surface area contributed by atoms with Gasteiger partial charge in [-0.3, -0.25) is 9.59 Å². The molecule has 5 fully saturated rings. The highest BCUT2D eigenvalue weighted by Crippen LogP contribution is 2.47. The molecule has 24 atom stereocenters. The van der Waals surface area contributed by atoms with E-state index >= 15 is 4.79 Å². The maximum atomic E-state index is 15.2. The Bertz CT molecular complexity index is 2500. The first-order valence-corrected chi connectivity index (χ1v) is 27.5. The van der Waals surface area contributed by atoms with Gasteiger partial charge in [-0.05, 0) is 83.9 Å². The second-order valence-electron chi connectivity index (χ2n) is 22.9. The van der Waals surface area contributed by atoms with E-state index in [-0.39, 0.29) is 71.7 Å². The normalized spacial score (nSPS) is 40.5. The van der Waals surface area contributed by atoms with Gasteiger partial charge in [0.05, 0.1) is 78.6 Å². The Balaban J connectivity index is 1.07. The van der Waals surface area contributed by atoms with Gasteiger partial charge in [0, 0.05) is 50.7 Å². The molecule has 8 rings (SSSR count). The Morgan fingerprint density at radius 1 is 0.688 bits per heavy atom. The second-order valence-corrected chi connectivity index (χ2v) is 22.9. The van der Waals surface area contributed by atoms with Crippen LogP contribution in [-0.2, 0) is 68.1 Å². The van der Waals surface area contributed by atoms with Crippen molar-refractivity contribution < 1.29 is 117 Å². The van der Waals surface area contributed by atoms with Crippen molar-refractivity contribution in [2.45, 2.75) is 242 Å². The number of phenols is 2. The molecule has 1 aliphatic carbocycles. The summed E-state index contributed by atoms with van der Waals surface area (Å²) in [4.78, 5) is 42.5. The van der Waals surface area contributed by atoms with Gasteiger partial charge in [0.1, 0.15) is 66.0 Å². The van der Waals surface area contributed by atoms with Gasteiger partial charge in [0.15, 0.2) is 30.9 Å². The number of nitrogens with one attached hydrogen (secondary N) is 1. The molecule has 0 aromatic heterocycles. The number of amides is 1. The van der Waals surface area contributed by atoms with Crippen molar-refractivity contribution >= 4 is 28.4 Å². The van der Waals surface area contributed by atoms with Crippen LogP contribution in [0.3, 0.4) is 0 Å². The molecule has 5 saturated heterocycles. The van der Waals surface area contributed by atoms with Crippen LogP contribution in [0.1, 0.15) is 109 Å². The molecule has 2 aromatic carbocycles. The second kappa shape index (κ2) is 25.1. The third-order valence-corrected chi connectivity index (χ3v) is 16.5. The fourth-order valence-electron chi connectivity index (χ4n) is 11.8. The minimum Gasteiger partial charge on any atom is -0.507 e. The number of rotatable bonds is 16. The van der Waals surface area contributed by atoms with Crippen molar-refractivity contribution in [2.24, 2.45) is 11.8 Å². The number of carbonyl (C=O) groups is 3. The average molecular weight is 1140 g/mol. The molecular weight excluding hydrogens is 1060 g/mol. The zero-order chi connectivity index (χ0) is 58.6. The van der Waals surface area contributed by atoms with Crippen LogP contribution in [-0.4, -0.2) is 219 Å². The molecule has 2 aromatic rings. The van der Waals surface area contributed by atoms with Gasteiger partial charge in [-0.2, -0.15) is 0 Å². The molecule has 0 radical (unpaired) electrons. The molecule has 0 unspecified atom stereocenters. The Morgan fingerprint density at radius 3 is 1.71 bits per heavy atom. The third-order valence-electron chi connectivity index (χ3n) is 16.5. The predicted octanol–water partition coefficient (Wildman–Crippen LogP) is 0.754. The summed E-state index contributed by atoms with van der Waals surface area (Å²) in [6.45, 7) is 14.3. The van der Waals surface area contributed by atoms with E-state index in [0.29, 0.717) is 0 Å². The lowest BCUT2D eigenvalue weighted by atomic mass is 9.76. The van der Waals surface area contributed by atoms with Gasteiger partial charge in [0.2, 0.25) is 12.2 Å². The fourth-order valence-corrected chi connectivity index (χ4v) is 11.8. The van der Waals surface area contributed by atoms with E-state index in [0.717, 1.165) is 0 Å². The maximum absolute atomic E-state index is 15.2. The predicted molar refractivity (Wildman–Crippen MR) is 275 cm³/mol. The van der Waals surface area contributed by atoms with Crippen LogP contribution in [0.5, 0.6) is 17.2 Å². The highest BCUT2D eigenvalue weighted by Gasteiger charge is 2.51. The van der Waals surface area contributed by atoms with E-state index in [9.17, 15) is 55.5 Å². The molecule has 5 aliphatic heterocycles. The number of fused-ring (bicyclic) bond motifs is 2. The van der Waals surface area contributed by atoms with E-state index in [1.54, 1.807) is 54.5 Å². The fraction of sp³-hybridized carbons (Fsp3) is 0.764. The van der Waals surface area contributed by atoms with E-state index in [1.807, 2.05) is 0 Å². The lowest BCUT2D eigenvalue weighted by molar-refractivity contribution is -0.334. The molecule has 1 amide bonds. The topological polar surface area (TPSA) is 356 Å². The highest BCUT2D eigenvalue weighted by atomic mass is 16.7. The summed E-state index contributed by atoms with van der Waals surface area (Å²) in [5.41, 5.74) is -1.41. The number of aliphatic hydroxyl groups excluding tert-OH is 6. The van der Waals surface area contributed by atoms with Crippen LogP contribution < -0.4 is 10.1 Å². The maximum Gasteiger partial charge on any atom is 0.328 e. The summed E-state index contributed by atoms with van der Waals surface area (Å²) in [5, 5.41) is 102. The summed E-state index contributed by atoms with van der Waals surface area (Å²) in [6.07, 6.45) is -23.3. The van der Waals surface area contributed by atoms with Crippen LogP contribution in [0, 0.1) is 18.8 Å². The Labute approximate surface area is 463 Å². The van der Waals surface area contributed by atoms with E-state index in [2.05, 4.69) is 5.32 Å². The Kier molecular flexibility index (Phi) is 19.5. The molecule has 0 bridgehead atoms. The molecule has 5 heterocycles. The van der Waals surface area contributed by atoms with Gasteiger partial charge in [0.25, 0.3) is 0 Å². The largest absolute Gasteiger partial charge is 0.507 e. The first kappa shape index (κ1) is 62.1. The van der Waals surface area contributed by atoms with Crippen molar-refractivity contribution in [1.82, 2.24) is 5.32 Å². The Morgan fingerprint density at radius 2 is 1.19 bits per heavy atom. The number of phenolic OH excluding ortho intramolecular Hbond substituents is 2. The molecule has 25 nitrogen and oxygen atoms in total. The van der Waals surface area contributed by atoms with Gasteiger partial charge >= 0.3 is 5.97 Å². The zero-order valence-electron chi connectivity index (χ0n) is 46.9. The lowest BCUT2D eigenvalue weighted by Crippen LogP contribution is -2.58. The summed E-state index contributed by atoms with van der Waals surface area (Å²) in [6, 6.07) is 1.96. The molecule has 6 aliphatic rings. The van der Waals surface area contributed by atoms with E-state index in [1.165, 1.54) is 34.1 Å². The first-order valence-electron chi connectivity index (χ1n) is 27.5. The molecule has 25 heteroatoms. The number of ether oxygens (including phenoxy) is 12. The quantitative estimate of drug-likeness (QED) is 0.104. The minimum atomic E-state index is -1.63. The van der Waals surface area contributed by atoms with Crippen molar-refractivity contribution in [2.75, 3.05) is 14.2 Å². The van der Waals surface area contributed by atoms with Crippen molar-refractivity contribution in [3.63, 3.8) is 0 Å². The monoisotopic (exact) mass is 1140 g/mol. The number of aromatic hydroxyl groups is 2. The summed E-state index contributed by atoms with van der Waals surface area (Å²) in [5.74, 6) is -4.93. The molecule has 0 saturated carbocycles. The highest BCUT2D eigenvalue weighted by molar-refractivity contribution is 6.11.